The molecule has 2 nitrogen and oxygen atoms in total. The van der Waals surface area contributed by atoms with Crippen LogP contribution in [0.3, 0.4) is 0 Å². The average Bonchev–Trinajstić information content (AvgIpc) is 2.44. The number of halogens is 2. The van der Waals surface area contributed by atoms with E-state index in [9.17, 15) is 13.9 Å². The minimum absolute atomic E-state index is 0.264. The third-order valence-electron chi connectivity index (χ3n) is 3.65. The first kappa shape index (κ1) is 13.2. The van der Waals surface area contributed by atoms with Gasteiger partial charge in [-0.15, -0.1) is 0 Å². The van der Waals surface area contributed by atoms with Crippen LogP contribution in [0.4, 0.5) is 8.78 Å². The molecule has 1 heterocycles. The summed E-state index contributed by atoms with van der Waals surface area (Å²) in [6.45, 7) is 1.34. The molecule has 2 aromatic carbocycles. The van der Waals surface area contributed by atoms with E-state index in [1.165, 1.54) is 6.07 Å². The van der Waals surface area contributed by atoms with Crippen LogP contribution in [0.15, 0.2) is 42.5 Å². The Morgan fingerprint density at radius 3 is 2.60 bits per heavy atom. The number of aliphatic hydroxyl groups excluding tert-OH is 1. The number of nitrogens with zero attached hydrogens (tertiary/aromatic N) is 1. The lowest BCUT2D eigenvalue weighted by molar-refractivity contribution is 0.0860. The maximum Gasteiger partial charge on any atom is 0.163 e. The van der Waals surface area contributed by atoms with Crippen LogP contribution >= 0.6 is 0 Å². The number of benzene rings is 2. The van der Waals surface area contributed by atoms with Crippen molar-refractivity contribution in [2.24, 2.45) is 0 Å². The van der Waals surface area contributed by atoms with Crippen LogP contribution in [0.1, 0.15) is 22.8 Å². The Hall–Kier alpha value is -1.78. The largest absolute Gasteiger partial charge is 0.387 e. The maximum atomic E-state index is 13.9. The first-order chi connectivity index (χ1) is 9.65. The standard InChI is InChI=1S/C16H15F2NO/c17-14-7-6-12-13(16(14)18)9-19(10-15(12)20)8-11-4-2-1-3-5-11/h1-7,15,20H,8-10H2. The van der Waals surface area contributed by atoms with E-state index in [1.807, 2.05) is 35.2 Å². The fourth-order valence-corrected chi connectivity index (χ4v) is 2.67. The predicted molar refractivity (Wildman–Crippen MR) is 71.9 cm³/mol. The highest BCUT2D eigenvalue weighted by molar-refractivity contribution is 5.33. The van der Waals surface area contributed by atoms with Gasteiger partial charge in [0.05, 0.1) is 6.10 Å². The molecule has 0 fully saturated rings. The summed E-state index contributed by atoms with van der Waals surface area (Å²) in [5.74, 6) is -1.71. The summed E-state index contributed by atoms with van der Waals surface area (Å²) in [5.41, 5.74) is 1.84. The molecule has 1 unspecified atom stereocenters. The number of aliphatic hydroxyl groups is 1. The van der Waals surface area contributed by atoms with E-state index in [2.05, 4.69) is 0 Å². The maximum absolute atomic E-state index is 13.9. The number of fused-ring (bicyclic) bond motifs is 1. The third kappa shape index (κ3) is 2.44. The first-order valence-electron chi connectivity index (χ1n) is 6.56. The minimum Gasteiger partial charge on any atom is -0.387 e. The molecule has 0 saturated heterocycles. The minimum atomic E-state index is -0.863. The van der Waals surface area contributed by atoms with Gasteiger partial charge in [0.1, 0.15) is 0 Å². The topological polar surface area (TPSA) is 23.5 Å². The van der Waals surface area contributed by atoms with E-state index in [0.717, 1.165) is 11.6 Å². The predicted octanol–water partition coefficient (Wildman–Crippen LogP) is 3.01. The van der Waals surface area contributed by atoms with Crippen molar-refractivity contribution in [2.75, 3.05) is 6.54 Å². The Bertz CT molecular complexity index is 615. The first-order valence-corrected chi connectivity index (χ1v) is 6.56. The zero-order valence-corrected chi connectivity index (χ0v) is 10.9. The summed E-state index contributed by atoms with van der Waals surface area (Å²) < 4.78 is 27.2. The molecule has 1 aliphatic rings. The van der Waals surface area contributed by atoms with Crippen LogP contribution in [0.5, 0.6) is 0 Å². The molecule has 104 valence electrons. The Morgan fingerprint density at radius 1 is 1.10 bits per heavy atom. The normalized spacial score (nSPS) is 18.9. The van der Waals surface area contributed by atoms with Crippen molar-refractivity contribution in [3.05, 3.63) is 70.8 Å². The van der Waals surface area contributed by atoms with Crippen molar-refractivity contribution in [3.8, 4) is 0 Å². The monoisotopic (exact) mass is 275 g/mol. The van der Waals surface area contributed by atoms with Crippen molar-refractivity contribution < 1.29 is 13.9 Å². The molecule has 0 aromatic heterocycles. The number of β-amino-alcohol motifs (C(OH)–C–C–N with tert-alkyl or cyclic N) is 1. The number of hydrogen-bond donors (Lipinski definition) is 1. The van der Waals surface area contributed by atoms with Crippen molar-refractivity contribution >= 4 is 0 Å². The molecule has 1 N–H and O–H groups in total. The molecule has 0 saturated carbocycles. The van der Waals surface area contributed by atoms with Crippen molar-refractivity contribution in [2.45, 2.75) is 19.2 Å². The zero-order valence-electron chi connectivity index (χ0n) is 10.9. The fourth-order valence-electron chi connectivity index (χ4n) is 2.67. The Labute approximate surface area is 116 Å². The summed E-state index contributed by atoms with van der Waals surface area (Å²) >= 11 is 0. The van der Waals surface area contributed by atoms with Gasteiger partial charge in [-0.25, -0.2) is 8.78 Å². The van der Waals surface area contributed by atoms with Gasteiger partial charge in [-0.2, -0.15) is 0 Å². The summed E-state index contributed by atoms with van der Waals surface area (Å²) in [6, 6.07) is 12.3. The molecule has 20 heavy (non-hydrogen) atoms. The number of hydrogen-bond acceptors (Lipinski definition) is 2. The average molecular weight is 275 g/mol. The van der Waals surface area contributed by atoms with Crippen LogP contribution < -0.4 is 0 Å². The van der Waals surface area contributed by atoms with E-state index in [4.69, 9.17) is 0 Å². The van der Waals surface area contributed by atoms with Gasteiger partial charge in [0.15, 0.2) is 11.6 Å². The molecule has 1 aliphatic heterocycles. The fraction of sp³-hybridized carbons (Fsp3) is 0.250. The molecule has 3 rings (SSSR count). The van der Waals surface area contributed by atoms with Crippen molar-refractivity contribution in [1.29, 1.82) is 0 Å². The van der Waals surface area contributed by atoms with Gasteiger partial charge < -0.3 is 5.11 Å². The second-order valence-electron chi connectivity index (χ2n) is 5.10. The molecule has 1 atom stereocenters. The SMILES string of the molecule is OC1CN(Cc2ccccc2)Cc2c1ccc(F)c2F. The van der Waals surface area contributed by atoms with Gasteiger partial charge in [0, 0.05) is 25.2 Å². The summed E-state index contributed by atoms with van der Waals surface area (Å²) in [4.78, 5) is 1.92. The lowest BCUT2D eigenvalue weighted by Gasteiger charge is -2.32. The second-order valence-corrected chi connectivity index (χ2v) is 5.10. The van der Waals surface area contributed by atoms with E-state index in [-0.39, 0.29) is 5.56 Å². The summed E-state index contributed by atoms with van der Waals surface area (Å²) in [6.07, 6.45) is -0.780. The summed E-state index contributed by atoms with van der Waals surface area (Å²) in [5, 5.41) is 10.1. The molecule has 0 radical (unpaired) electrons. The van der Waals surface area contributed by atoms with Crippen LogP contribution in [0.2, 0.25) is 0 Å². The van der Waals surface area contributed by atoms with E-state index < -0.39 is 17.7 Å². The van der Waals surface area contributed by atoms with Crippen molar-refractivity contribution in [1.82, 2.24) is 4.90 Å². The van der Waals surface area contributed by atoms with Crippen molar-refractivity contribution in [3.63, 3.8) is 0 Å². The Balaban J connectivity index is 1.86. The number of rotatable bonds is 2. The van der Waals surface area contributed by atoms with Gasteiger partial charge in [-0.05, 0) is 17.2 Å². The van der Waals surface area contributed by atoms with Gasteiger partial charge in [0.2, 0.25) is 0 Å². The molecule has 0 amide bonds. The smallest absolute Gasteiger partial charge is 0.163 e. The van der Waals surface area contributed by atoms with Crippen LogP contribution in [-0.4, -0.2) is 16.6 Å². The van der Waals surface area contributed by atoms with Gasteiger partial charge in [-0.3, -0.25) is 4.90 Å². The highest BCUT2D eigenvalue weighted by Gasteiger charge is 2.27. The van der Waals surface area contributed by atoms with Crippen LogP contribution in [-0.2, 0) is 13.1 Å². The quantitative estimate of drug-likeness (QED) is 0.910. The molecule has 2 aromatic rings. The Kier molecular flexibility index (Phi) is 3.51. The molecule has 0 aliphatic carbocycles. The van der Waals surface area contributed by atoms with E-state index in [1.54, 1.807) is 0 Å². The molecule has 0 spiro atoms. The van der Waals surface area contributed by atoms with Gasteiger partial charge in [0.25, 0.3) is 0 Å². The van der Waals surface area contributed by atoms with Crippen LogP contribution in [0, 0.1) is 11.6 Å². The highest BCUT2D eigenvalue weighted by atomic mass is 19.2. The molecular weight excluding hydrogens is 260 g/mol. The zero-order chi connectivity index (χ0) is 14.1. The third-order valence-corrected chi connectivity index (χ3v) is 3.65. The van der Waals surface area contributed by atoms with Gasteiger partial charge >= 0.3 is 0 Å². The molecule has 4 heteroatoms. The summed E-state index contributed by atoms with van der Waals surface area (Å²) in [7, 11) is 0. The highest BCUT2D eigenvalue weighted by Crippen LogP contribution is 2.30. The van der Waals surface area contributed by atoms with Gasteiger partial charge in [-0.1, -0.05) is 36.4 Å². The second kappa shape index (κ2) is 5.31. The molecule has 0 bridgehead atoms. The lowest BCUT2D eigenvalue weighted by atomic mass is 9.96. The van der Waals surface area contributed by atoms with E-state index in [0.29, 0.717) is 25.2 Å². The lowest BCUT2D eigenvalue weighted by Crippen LogP contribution is -2.34. The van der Waals surface area contributed by atoms with E-state index >= 15 is 0 Å². The van der Waals surface area contributed by atoms with Crippen LogP contribution in [0.25, 0.3) is 0 Å². The molecular formula is C16H15F2NO. The Morgan fingerprint density at radius 2 is 1.85 bits per heavy atom.